The Labute approximate surface area is 116 Å². The van der Waals surface area contributed by atoms with Crippen LogP contribution in [0.1, 0.15) is 48.4 Å². The van der Waals surface area contributed by atoms with Crippen molar-refractivity contribution >= 4 is 0 Å². The van der Waals surface area contributed by atoms with Gasteiger partial charge in [0.25, 0.3) is 0 Å². The molecule has 0 amide bonds. The highest BCUT2D eigenvalue weighted by molar-refractivity contribution is 5.44. The van der Waals surface area contributed by atoms with Crippen molar-refractivity contribution in [1.82, 2.24) is 0 Å². The third-order valence-electron chi connectivity index (χ3n) is 3.91. The van der Waals surface area contributed by atoms with Gasteiger partial charge in [-0.25, -0.2) is 0 Å². The summed E-state index contributed by atoms with van der Waals surface area (Å²) in [7, 11) is 1.71. The maximum atomic E-state index is 6.36. The second-order valence-electron chi connectivity index (χ2n) is 5.52. The Balaban J connectivity index is 2.06. The van der Waals surface area contributed by atoms with E-state index in [0.717, 1.165) is 30.8 Å². The number of nitrogens with two attached hydrogens (primary N) is 1. The van der Waals surface area contributed by atoms with Crippen LogP contribution in [0, 0.1) is 13.8 Å². The molecule has 1 aromatic carbocycles. The van der Waals surface area contributed by atoms with E-state index < -0.39 is 0 Å². The summed E-state index contributed by atoms with van der Waals surface area (Å²) in [6.07, 6.45) is 4.76. The van der Waals surface area contributed by atoms with Crippen molar-refractivity contribution in [1.29, 1.82) is 0 Å². The Bertz CT molecular complexity index is 425. The molecule has 2 N–H and O–H groups in total. The van der Waals surface area contributed by atoms with Crippen molar-refractivity contribution in [3.05, 3.63) is 28.8 Å². The summed E-state index contributed by atoms with van der Waals surface area (Å²) >= 11 is 0. The molecule has 3 heteroatoms. The van der Waals surface area contributed by atoms with E-state index in [9.17, 15) is 0 Å². The van der Waals surface area contributed by atoms with Crippen LogP contribution in [-0.4, -0.2) is 19.8 Å². The monoisotopic (exact) mass is 263 g/mol. The van der Waals surface area contributed by atoms with Crippen molar-refractivity contribution in [3.8, 4) is 5.75 Å². The SMILES string of the molecule is COc1cc(C)cc(C)c1C(N)CCC1CCCO1. The number of aryl methyl sites for hydroxylation is 2. The first-order valence-corrected chi connectivity index (χ1v) is 7.14. The van der Waals surface area contributed by atoms with Gasteiger partial charge in [0.2, 0.25) is 0 Å². The number of hydrogen-bond acceptors (Lipinski definition) is 3. The highest BCUT2D eigenvalue weighted by Gasteiger charge is 2.20. The summed E-state index contributed by atoms with van der Waals surface area (Å²) in [4.78, 5) is 0. The first kappa shape index (κ1) is 14.4. The summed E-state index contributed by atoms with van der Waals surface area (Å²) in [5.41, 5.74) is 9.94. The smallest absolute Gasteiger partial charge is 0.124 e. The molecule has 19 heavy (non-hydrogen) atoms. The standard InChI is InChI=1S/C16H25NO2/c1-11-9-12(2)16(15(10-11)18-3)14(17)7-6-13-5-4-8-19-13/h9-10,13-14H,4-8,17H2,1-3H3. The molecule has 1 aliphatic heterocycles. The minimum absolute atomic E-state index is 0.0275. The van der Waals surface area contributed by atoms with Gasteiger partial charge < -0.3 is 15.2 Å². The summed E-state index contributed by atoms with van der Waals surface area (Å²) in [6.45, 7) is 5.10. The first-order chi connectivity index (χ1) is 9.11. The fourth-order valence-corrected chi connectivity index (χ4v) is 2.97. The second kappa shape index (κ2) is 6.40. The maximum absolute atomic E-state index is 6.36. The van der Waals surface area contributed by atoms with E-state index in [1.807, 2.05) is 0 Å². The van der Waals surface area contributed by atoms with Crippen LogP contribution in [0.5, 0.6) is 5.75 Å². The van der Waals surface area contributed by atoms with Crippen molar-refractivity contribution in [2.24, 2.45) is 5.73 Å². The van der Waals surface area contributed by atoms with Crippen molar-refractivity contribution < 1.29 is 9.47 Å². The molecular formula is C16H25NO2. The van der Waals surface area contributed by atoms with Crippen LogP contribution >= 0.6 is 0 Å². The molecular weight excluding hydrogens is 238 g/mol. The Kier molecular flexibility index (Phi) is 4.83. The number of hydrogen-bond donors (Lipinski definition) is 1. The predicted octanol–water partition coefficient (Wildman–Crippen LogP) is 3.27. The number of rotatable bonds is 5. The molecule has 0 aliphatic carbocycles. The lowest BCUT2D eigenvalue weighted by Crippen LogP contribution is -2.16. The van der Waals surface area contributed by atoms with Crippen LogP contribution in [0.4, 0.5) is 0 Å². The van der Waals surface area contributed by atoms with Crippen LogP contribution in [0.2, 0.25) is 0 Å². The Hall–Kier alpha value is -1.06. The molecule has 1 fully saturated rings. The van der Waals surface area contributed by atoms with Gasteiger partial charge in [0.1, 0.15) is 5.75 Å². The van der Waals surface area contributed by atoms with E-state index in [4.69, 9.17) is 15.2 Å². The van der Waals surface area contributed by atoms with Gasteiger partial charge in [-0.15, -0.1) is 0 Å². The van der Waals surface area contributed by atoms with Crippen molar-refractivity contribution in [2.45, 2.75) is 51.7 Å². The first-order valence-electron chi connectivity index (χ1n) is 7.14. The lowest BCUT2D eigenvalue weighted by atomic mass is 9.94. The van der Waals surface area contributed by atoms with Crippen LogP contribution in [0.3, 0.4) is 0 Å². The zero-order chi connectivity index (χ0) is 13.8. The fraction of sp³-hybridized carbons (Fsp3) is 0.625. The number of methoxy groups -OCH3 is 1. The van der Waals surface area contributed by atoms with Gasteiger partial charge in [-0.3, -0.25) is 0 Å². The van der Waals surface area contributed by atoms with Crippen LogP contribution in [0.25, 0.3) is 0 Å². The van der Waals surface area contributed by atoms with Gasteiger partial charge in [-0.05, 0) is 56.7 Å². The van der Waals surface area contributed by atoms with Gasteiger partial charge in [-0.1, -0.05) is 6.07 Å². The molecule has 0 saturated carbocycles. The predicted molar refractivity (Wildman–Crippen MR) is 77.6 cm³/mol. The van der Waals surface area contributed by atoms with Gasteiger partial charge in [-0.2, -0.15) is 0 Å². The Morgan fingerprint density at radius 3 is 2.84 bits per heavy atom. The molecule has 2 unspecified atom stereocenters. The molecule has 1 saturated heterocycles. The molecule has 0 aromatic heterocycles. The number of benzene rings is 1. The minimum Gasteiger partial charge on any atom is -0.496 e. The lowest BCUT2D eigenvalue weighted by molar-refractivity contribution is 0.101. The molecule has 0 bridgehead atoms. The molecule has 1 heterocycles. The maximum Gasteiger partial charge on any atom is 0.124 e. The molecule has 2 atom stereocenters. The summed E-state index contributed by atoms with van der Waals surface area (Å²) in [5, 5.41) is 0. The van der Waals surface area contributed by atoms with Gasteiger partial charge in [0.15, 0.2) is 0 Å². The topological polar surface area (TPSA) is 44.5 Å². The Morgan fingerprint density at radius 1 is 1.42 bits per heavy atom. The molecule has 3 nitrogen and oxygen atoms in total. The van der Waals surface area contributed by atoms with Crippen molar-refractivity contribution in [2.75, 3.05) is 13.7 Å². The quantitative estimate of drug-likeness (QED) is 0.886. The molecule has 0 radical (unpaired) electrons. The average molecular weight is 263 g/mol. The molecule has 0 spiro atoms. The van der Waals surface area contributed by atoms with E-state index in [1.54, 1.807) is 7.11 Å². The molecule has 1 aliphatic rings. The van der Waals surface area contributed by atoms with E-state index in [2.05, 4.69) is 26.0 Å². The van der Waals surface area contributed by atoms with Gasteiger partial charge >= 0.3 is 0 Å². The van der Waals surface area contributed by atoms with E-state index in [1.165, 1.54) is 24.0 Å². The third kappa shape index (κ3) is 3.48. The second-order valence-corrected chi connectivity index (χ2v) is 5.52. The highest BCUT2D eigenvalue weighted by atomic mass is 16.5. The molecule has 106 valence electrons. The summed E-state index contributed by atoms with van der Waals surface area (Å²) in [5.74, 6) is 0.914. The van der Waals surface area contributed by atoms with E-state index in [0.29, 0.717) is 6.10 Å². The summed E-state index contributed by atoms with van der Waals surface area (Å²) < 4.78 is 11.1. The van der Waals surface area contributed by atoms with Crippen LogP contribution in [0.15, 0.2) is 12.1 Å². The normalized spacial score (nSPS) is 20.5. The largest absolute Gasteiger partial charge is 0.496 e. The van der Waals surface area contributed by atoms with E-state index >= 15 is 0 Å². The third-order valence-corrected chi connectivity index (χ3v) is 3.91. The fourth-order valence-electron chi connectivity index (χ4n) is 2.97. The van der Waals surface area contributed by atoms with E-state index in [-0.39, 0.29) is 6.04 Å². The van der Waals surface area contributed by atoms with Crippen LogP contribution < -0.4 is 10.5 Å². The Morgan fingerprint density at radius 2 is 2.21 bits per heavy atom. The highest BCUT2D eigenvalue weighted by Crippen LogP contribution is 2.32. The van der Waals surface area contributed by atoms with Gasteiger partial charge in [0.05, 0.1) is 13.2 Å². The number of ether oxygens (including phenoxy) is 2. The van der Waals surface area contributed by atoms with Crippen molar-refractivity contribution in [3.63, 3.8) is 0 Å². The lowest BCUT2D eigenvalue weighted by Gasteiger charge is -2.20. The zero-order valence-corrected chi connectivity index (χ0v) is 12.2. The molecule has 1 aromatic rings. The zero-order valence-electron chi connectivity index (χ0n) is 12.2. The van der Waals surface area contributed by atoms with Crippen LogP contribution in [-0.2, 0) is 4.74 Å². The molecule has 2 rings (SSSR count). The minimum atomic E-state index is 0.0275. The van der Waals surface area contributed by atoms with Gasteiger partial charge in [0, 0.05) is 18.2 Å². The summed E-state index contributed by atoms with van der Waals surface area (Å²) in [6, 6.07) is 4.26. The average Bonchev–Trinajstić information content (AvgIpc) is 2.88.